The SMILES string of the molecule is O=C(OCCCCCCCl)c1cc(C(F)(F)F)ccc1F. The van der Waals surface area contributed by atoms with Crippen molar-refractivity contribution >= 4 is 17.6 Å². The molecule has 1 rings (SSSR count). The van der Waals surface area contributed by atoms with E-state index in [4.69, 9.17) is 16.3 Å². The van der Waals surface area contributed by atoms with Gasteiger partial charge in [-0.3, -0.25) is 0 Å². The lowest BCUT2D eigenvalue weighted by Gasteiger charge is -2.10. The molecule has 0 aliphatic heterocycles. The first-order chi connectivity index (χ1) is 9.86. The van der Waals surface area contributed by atoms with Crippen molar-refractivity contribution in [3.8, 4) is 0 Å². The van der Waals surface area contributed by atoms with E-state index in [2.05, 4.69) is 0 Å². The molecule has 0 spiro atoms. The molecule has 0 atom stereocenters. The minimum atomic E-state index is -4.63. The van der Waals surface area contributed by atoms with Crippen molar-refractivity contribution in [1.29, 1.82) is 0 Å². The van der Waals surface area contributed by atoms with Crippen LogP contribution >= 0.6 is 11.6 Å². The molecule has 118 valence electrons. The van der Waals surface area contributed by atoms with Gasteiger partial charge in [0.1, 0.15) is 5.82 Å². The van der Waals surface area contributed by atoms with Gasteiger partial charge in [-0.05, 0) is 31.0 Å². The number of hydrogen-bond acceptors (Lipinski definition) is 2. The maximum Gasteiger partial charge on any atom is 0.416 e. The third-order valence-electron chi connectivity index (χ3n) is 2.77. The number of carbonyl (C=O) groups excluding carboxylic acids is 1. The highest BCUT2D eigenvalue weighted by Crippen LogP contribution is 2.30. The Kier molecular flexibility index (Phi) is 6.95. The molecule has 0 aliphatic carbocycles. The van der Waals surface area contributed by atoms with E-state index in [-0.39, 0.29) is 6.61 Å². The Bertz CT molecular complexity index is 475. The van der Waals surface area contributed by atoms with Gasteiger partial charge in [-0.2, -0.15) is 13.2 Å². The fourth-order valence-electron chi connectivity index (χ4n) is 1.65. The lowest BCUT2D eigenvalue weighted by molar-refractivity contribution is -0.137. The molecule has 1 aromatic rings. The van der Waals surface area contributed by atoms with Crippen LogP contribution in [0.2, 0.25) is 0 Å². The van der Waals surface area contributed by atoms with E-state index in [1.165, 1.54) is 0 Å². The van der Waals surface area contributed by atoms with Crippen LogP contribution in [0.3, 0.4) is 0 Å². The summed E-state index contributed by atoms with van der Waals surface area (Å²) >= 11 is 5.49. The lowest BCUT2D eigenvalue weighted by atomic mass is 10.1. The van der Waals surface area contributed by atoms with E-state index in [0.29, 0.717) is 30.5 Å². The normalized spacial score (nSPS) is 11.5. The summed E-state index contributed by atoms with van der Waals surface area (Å²) in [6, 6.07) is 1.66. The second-order valence-corrected chi connectivity index (χ2v) is 4.81. The van der Waals surface area contributed by atoms with Crippen LogP contribution in [0.1, 0.15) is 41.6 Å². The third-order valence-corrected chi connectivity index (χ3v) is 3.04. The molecule has 0 bridgehead atoms. The Morgan fingerprint density at radius 1 is 1.14 bits per heavy atom. The standard InChI is InChI=1S/C14H15ClF4O2/c15-7-3-1-2-4-8-21-13(20)11-9-10(14(17,18)19)5-6-12(11)16/h5-6,9H,1-4,7-8H2. The van der Waals surface area contributed by atoms with E-state index in [0.717, 1.165) is 19.3 Å². The molecular weight excluding hydrogens is 312 g/mol. The van der Waals surface area contributed by atoms with Crippen molar-refractivity contribution in [2.75, 3.05) is 12.5 Å². The number of ether oxygens (including phenoxy) is 1. The Hall–Kier alpha value is -1.30. The first-order valence-corrected chi connectivity index (χ1v) is 6.99. The van der Waals surface area contributed by atoms with Gasteiger partial charge in [0.25, 0.3) is 0 Å². The average Bonchev–Trinajstić information content (AvgIpc) is 2.41. The molecule has 0 aromatic heterocycles. The summed E-state index contributed by atoms with van der Waals surface area (Å²) in [7, 11) is 0. The van der Waals surface area contributed by atoms with Gasteiger partial charge in [-0.1, -0.05) is 12.8 Å². The number of unbranched alkanes of at least 4 members (excludes halogenated alkanes) is 3. The fourth-order valence-corrected chi connectivity index (χ4v) is 1.84. The zero-order valence-corrected chi connectivity index (χ0v) is 11.9. The van der Waals surface area contributed by atoms with Gasteiger partial charge in [0.2, 0.25) is 0 Å². The maximum atomic E-state index is 13.4. The summed E-state index contributed by atoms with van der Waals surface area (Å²) in [5.74, 6) is -1.57. The van der Waals surface area contributed by atoms with Crippen LogP contribution < -0.4 is 0 Å². The molecule has 0 heterocycles. The van der Waals surface area contributed by atoms with E-state index < -0.39 is 29.1 Å². The predicted octanol–water partition coefficient (Wildman–Crippen LogP) is 4.80. The number of alkyl halides is 4. The van der Waals surface area contributed by atoms with Crippen LogP contribution in [0.25, 0.3) is 0 Å². The highest BCUT2D eigenvalue weighted by atomic mass is 35.5. The van der Waals surface area contributed by atoms with E-state index in [1.807, 2.05) is 0 Å². The van der Waals surface area contributed by atoms with Gasteiger partial charge >= 0.3 is 12.1 Å². The van der Waals surface area contributed by atoms with Crippen molar-refractivity contribution in [2.24, 2.45) is 0 Å². The smallest absolute Gasteiger partial charge is 0.416 e. The largest absolute Gasteiger partial charge is 0.462 e. The maximum absolute atomic E-state index is 13.4. The number of benzene rings is 1. The molecule has 0 aliphatic rings. The second kappa shape index (κ2) is 8.22. The molecular formula is C14H15ClF4O2. The highest BCUT2D eigenvalue weighted by molar-refractivity contribution is 6.17. The monoisotopic (exact) mass is 326 g/mol. The zero-order valence-electron chi connectivity index (χ0n) is 11.2. The van der Waals surface area contributed by atoms with Crippen LogP contribution in [0.15, 0.2) is 18.2 Å². The molecule has 2 nitrogen and oxygen atoms in total. The Morgan fingerprint density at radius 3 is 2.43 bits per heavy atom. The first-order valence-electron chi connectivity index (χ1n) is 6.46. The van der Waals surface area contributed by atoms with Gasteiger partial charge in [0, 0.05) is 5.88 Å². The van der Waals surface area contributed by atoms with E-state index >= 15 is 0 Å². The quantitative estimate of drug-likeness (QED) is 0.311. The minimum Gasteiger partial charge on any atom is -0.462 e. The lowest BCUT2D eigenvalue weighted by Crippen LogP contribution is -2.12. The van der Waals surface area contributed by atoms with E-state index in [9.17, 15) is 22.4 Å². The van der Waals surface area contributed by atoms with Crippen molar-refractivity contribution < 1.29 is 27.1 Å². The van der Waals surface area contributed by atoms with Crippen LogP contribution in [-0.2, 0) is 10.9 Å². The van der Waals surface area contributed by atoms with Crippen molar-refractivity contribution in [2.45, 2.75) is 31.9 Å². The fraction of sp³-hybridized carbons (Fsp3) is 0.500. The van der Waals surface area contributed by atoms with Crippen LogP contribution in [0.4, 0.5) is 17.6 Å². The molecule has 0 amide bonds. The summed E-state index contributed by atoms with van der Waals surface area (Å²) in [5.41, 5.74) is -1.79. The van der Waals surface area contributed by atoms with Crippen LogP contribution in [0.5, 0.6) is 0 Å². The molecule has 0 saturated carbocycles. The van der Waals surface area contributed by atoms with Crippen molar-refractivity contribution in [1.82, 2.24) is 0 Å². The van der Waals surface area contributed by atoms with Crippen LogP contribution in [-0.4, -0.2) is 18.5 Å². The summed E-state index contributed by atoms with van der Waals surface area (Å²) in [5, 5.41) is 0. The molecule has 1 aromatic carbocycles. The molecule has 0 fully saturated rings. The van der Waals surface area contributed by atoms with Crippen LogP contribution in [0, 0.1) is 5.82 Å². The zero-order chi connectivity index (χ0) is 15.9. The van der Waals surface area contributed by atoms with Gasteiger partial charge in [-0.15, -0.1) is 11.6 Å². The molecule has 0 saturated heterocycles. The number of carbonyl (C=O) groups is 1. The summed E-state index contributed by atoms with van der Waals surface area (Å²) in [4.78, 5) is 11.6. The topological polar surface area (TPSA) is 26.3 Å². The Balaban J connectivity index is 2.57. The predicted molar refractivity (Wildman–Crippen MR) is 70.9 cm³/mol. The Labute approximate surface area is 125 Å². The number of hydrogen-bond donors (Lipinski definition) is 0. The average molecular weight is 327 g/mol. The van der Waals surface area contributed by atoms with Crippen molar-refractivity contribution in [3.63, 3.8) is 0 Å². The minimum absolute atomic E-state index is 0.0385. The van der Waals surface area contributed by atoms with Gasteiger partial charge in [-0.25, -0.2) is 9.18 Å². The number of halogens is 5. The number of esters is 1. The molecule has 0 unspecified atom stereocenters. The molecule has 0 radical (unpaired) electrons. The van der Waals surface area contributed by atoms with Gasteiger partial charge in [0.05, 0.1) is 17.7 Å². The van der Waals surface area contributed by atoms with Gasteiger partial charge in [0.15, 0.2) is 0 Å². The molecule has 0 N–H and O–H groups in total. The number of rotatable bonds is 7. The second-order valence-electron chi connectivity index (χ2n) is 4.43. The summed E-state index contributed by atoms with van der Waals surface area (Å²) in [6.07, 6.45) is -1.57. The third kappa shape index (κ3) is 5.91. The molecule has 21 heavy (non-hydrogen) atoms. The summed E-state index contributed by atoms with van der Waals surface area (Å²) in [6.45, 7) is 0.0385. The Morgan fingerprint density at radius 2 is 1.81 bits per heavy atom. The van der Waals surface area contributed by atoms with E-state index in [1.54, 1.807) is 0 Å². The highest BCUT2D eigenvalue weighted by Gasteiger charge is 2.32. The first kappa shape index (κ1) is 17.8. The van der Waals surface area contributed by atoms with Gasteiger partial charge < -0.3 is 4.74 Å². The molecule has 7 heteroatoms. The van der Waals surface area contributed by atoms with Crippen molar-refractivity contribution in [3.05, 3.63) is 35.1 Å². The summed E-state index contributed by atoms with van der Waals surface area (Å²) < 4.78 is 55.7.